The van der Waals surface area contributed by atoms with Crippen molar-refractivity contribution in [2.45, 2.75) is 63.7 Å². The van der Waals surface area contributed by atoms with Gasteiger partial charge in [-0.3, -0.25) is 4.79 Å². The van der Waals surface area contributed by atoms with Gasteiger partial charge in [0.05, 0.1) is 5.92 Å². The van der Waals surface area contributed by atoms with Crippen molar-refractivity contribution in [1.29, 1.82) is 0 Å². The van der Waals surface area contributed by atoms with Crippen molar-refractivity contribution < 1.29 is 9.90 Å². The van der Waals surface area contributed by atoms with E-state index in [-0.39, 0.29) is 5.92 Å². The van der Waals surface area contributed by atoms with Crippen molar-refractivity contribution in [3.63, 3.8) is 0 Å². The molecule has 2 saturated carbocycles. The highest BCUT2D eigenvalue weighted by atomic mass is 16.4. The van der Waals surface area contributed by atoms with Crippen molar-refractivity contribution in [3.05, 3.63) is 35.9 Å². The molecule has 3 unspecified atom stereocenters. The molecule has 120 valence electrons. The van der Waals surface area contributed by atoms with Gasteiger partial charge in [0, 0.05) is 0 Å². The summed E-state index contributed by atoms with van der Waals surface area (Å²) >= 11 is 0. The number of hydrogen-bond donors (Lipinski definition) is 1. The van der Waals surface area contributed by atoms with E-state index in [0.29, 0.717) is 11.8 Å². The van der Waals surface area contributed by atoms with Crippen LogP contribution in [0.15, 0.2) is 30.3 Å². The number of rotatable bonds is 4. The van der Waals surface area contributed by atoms with Crippen molar-refractivity contribution in [3.8, 4) is 0 Å². The molecule has 2 fully saturated rings. The molecule has 2 heteroatoms. The van der Waals surface area contributed by atoms with Gasteiger partial charge < -0.3 is 5.11 Å². The minimum absolute atomic E-state index is 0.312. The fourth-order valence-electron chi connectivity index (χ4n) is 4.98. The van der Waals surface area contributed by atoms with Gasteiger partial charge in [0.2, 0.25) is 0 Å². The molecule has 0 radical (unpaired) electrons. The average molecular weight is 300 g/mol. The fraction of sp³-hybridized carbons (Fsp3) is 0.650. The summed E-state index contributed by atoms with van der Waals surface area (Å²) in [6.45, 7) is 0. The molecule has 1 aromatic carbocycles. The Hall–Kier alpha value is -1.31. The Morgan fingerprint density at radius 1 is 0.909 bits per heavy atom. The van der Waals surface area contributed by atoms with Crippen LogP contribution in [0, 0.1) is 17.8 Å². The summed E-state index contributed by atoms with van der Waals surface area (Å²) in [6.07, 6.45) is 11.5. The SMILES string of the molecule is O=C(O)C(c1ccccc1)C1CCCCC1C1CCCCC1. The fourth-order valence-corrected chi connectivity index (χ4v) is 4.98. The molecule has 1 aromatic rings. The molecule has 3 rings (SSSR count). The lowest BCUT2D eigenvalue weighted by atomic mass is 9.63. The Bertz CT molecular complexity index is 476. The molecule has 0 amide bonds. The molecule has 0 aliphatic heterocycles. The molecular weight excluding hydrogens is 272 g/mol. The van der Waals surface area contributed by atoms with Crippen molar-refractivity contribution in [2.75, 3.05) is 0 Å². The molecule has 0 bridgehead atoms. The number of carboxylic acids is 1. The number of carbonyl (C=O) groups is 1. The highest BCUT2D eigenvalue weighted by Gasteiger charge is 2.40. The van der Waals surface area contributed by atoms with Crippen LogP contribution >= 0.6 is 0 Å². The van der Waals surface area contributed by atoms with Crippen LogP contribution in [-0.4, -0.2) is 11.1 Å². The Kier molecular flexibility index (Phi) is 5.17. The van der Waals surface area contributed by atoms with Crippen LogP contribution in [0.5, 0.6) is 0 Å². The van der Waals surface area contributed by atoms with Gasteiger partial charge in [-0.2, -0.15) is 0 Å². The molecule has 3 atom stereocenters. The number of hydrogen-bond acceptors (Lipinski definition) is 1. The third kappa shape index (κ3) is 3.37. The number of benzene rings is 1. The first kappa shape index (κ1) is 15.6. The molecule has 0 heterocycles. The van der Waals surface area contributed by atoms with Gasteiger partial charge in [-0.1, -0.05) is 75.3 Å². The van der Waals surface area contributed by atoms with Gasteiger partial charge >= 0.3 is 5.97 Å². The Morgan fingerprint density at radius 2 is 1.55 bits per heavy atom. The molecular formula is C20H28O2. The van der Waals surface area contributed by atoms with Crippen molar-refractivity contribution in [1.82, 2.24) is 0 Å². The van der Waals surface area contributed by atoms with Crippen molar-refractivity contribution in [2.24, 2.45) is 17.8 Å². The second-order valence-corrected chi connectivity index (χ2v) is 7.24. The highest BCUT2D eigenvalue weighted by molar-refractivity contribution is 5.76. The highest BCUT2D eigenvalue weighted by Crippen LogP contribution is 2.47. The molecule has 0 saturated heterocycles. The van der Waals surface area contributed by atoms with E-state index < -0.39 is 5.97 Å². The molecule has 1 N–H and O–H groups in total. The van der Waals surface area contributed by atoms with Gasteiger partial charge in [-0.15, -0.1) is 0 Å². The summed E-state index contributed by atoms with van der Waals surface area (Å²) in [5, 5.41) is 9.90. The predicted molar refractivity (Wildman–Crippen MR) is 88.8 cm³/mol. The van der Waals surface area contributed by atoms with Crippen LogP contribution in [0.3, 0.4) is 0 Å². The summed E-state index contributed by atoms with van der Waals surface area (Å²) in [5.41, 5.74) is 1.00. The first-order valence-corrected chi connectivity index (χ1v) is 9.05. The first-order valence-electron chi connectivity index (χ1n) is 9.05. The van der Waals surface area contributed by atoms with E-state index >= 15 is 0 Å². The van der Waals surface area contributed by atoms with E-state index in [1.807, 2.05) is 30.3 Å². The van der Waals surface area contributed by atoms with E-state index in [1.54, 1.807) is 0 Å². The average Bonchev–Trinajstić information content (AvgIpc) is 2.57. The smallest absolute Gasteiger partial charge is 0.311 e. The molecule has 22 heavy (non-hydrogen) atoms. The molecule has 2 aliphatic rings. The van der Waals surface area contributed by atoms with Gasteiger partial charge in [-0.25, -0.2) is 0 Å². The number of aliphatic carboxylic acids is 1. The quantitative estimate of drug-likeness (QED) is 0.825. The molecule has 2 nitrogen and oxygen atoms in total. The topological polar surface area (TPSA) is 37.3 Å². The third-order valence-electron chi connectivity index (χ3n) is 5.98. The maximum atomic E-state index is 12.0. The maximum absolute atomic E-state index is 12.0. The second-order valence-electron chi connectivity index (χ2n) is 7.24. The summed E-state index contributed by atoms with van der Waals surface area (Å²) < 4.78 is 0. The van der Waals surface area contributed by atoms with E-state index in [9.17, 15) is 9.90 Å². The number of carboxylic acid groups (broad SMARTS) is 1. The summed E-state index contributed by atoms with van der Waals surface area (Å²) in [5.74, 6) is 0.782. The standard InChI is InChI=1S/C20H28O2/c21-20(22)19(16-11-5-2-6-12-16)18-14-8-7-13-17(18)15-9-3-1-4-10-15/h2,5-6,11-12,15,17-19H,1,3-4,7-10,13-14H2,(H,21,22). The minimum atomic E-state index is -0.626. The molecule has 0 aromatic heterocycles. The lowest BCUT2D eigenvalue weighted by molar-refractivity contribution is -0.141. The summed E-state index contributed by atoms with van der Waals surface area (Å²) in [6, 6.07) is 9.94. The van der Waals surface area contributed by atoms with Gasteiger partial charge in [0.15, 0.2) is 0 Å². The Labute approximate surface area is 133 Å². The molecule has 0 spiro atoms. The van der Waals surface area contributed by atoms with E-state index in [0.717, 1.165) is 17.9 Å². The van der Waals surface area contributed by atoms with Crippen LogP contribution in [-0.2, 0) is 4.79 Å². The zero-order valence-corrected chi connectivity index (χ0v) is 13.4. The Balaban J connectivity index is 1.85. The van der Waals surface area contributed by atoms with Crippen LogP contribution < -0.4 is 0 Å². The van der Waals surface area contributed by atoms with Crippen LogP contribution in [0.25, 0.3) is 0 Å². The van der Waals surface area contributed by atoms with E-state index in [4.69, 9.17) is 0 Å². The van der Waals surface area contributed by atoms with Gasteiger partial charge in [0.1, 0.15) is 0 Å². The summed E-state index contributed by atoms with van der Waals surface area (Å²) in [4.78, 5) is 12.0. The van der Waals surface area contributed by atoms with Crippen LogP contribution in [0.2, 0.25) is 0 Å². The van der Waals surface area contributed by atoms with E-state index in [2.05, 4.69) is 0 Å². The minimum Gasteiger partial charge on any atom is -0.481 e. The van der Waals surface area contributed by atoms with Gasteiger partial charge in [-0.05, 0) is 36.2 Å². The van der Waals surface area contributed by atoms with Crippen LogP contribution in [0.4, 0.5) is 0 Å². The monoisotopic (exact) mass is 300 g/mol. The lowest BCUT2D eigenvalue weighted by Crippen LogP contribution is -2.35. The maximum Gasteiger partial charge on any atom is 0.311 e. The van der Waals surface area contributed by atoms with Crippen LogP contribution in [0.1, 0.15) is 69.3 Å². The largest absolute Gasteiger partial charge is 0.481 e. The van der Waals surface area contributed by atoms with Crippen molar-refractivity contribution >= 4 is 5.97 Å². The normalized spacial score (nSPS) is 28.2. The molecule has 2 aliphatic carbocycles. The zero-order valence-electron chi connectivity index (χ0n) is 13.4. The first-order chi connectivity index (χ1) is 10.8. The Morgan fingerprint density at radius 3 is 2.23 bits per heavy atom. The predicted octanol–water partition coefficient (Wildman–Crippen LogP) is 5.24. The van der Waals surface area contributed by atoms with Gasteiger partial charge in [0.25, 0.3) is 0 Å². The third-order valence-corrected chi connectivity index (χ3v) is 5.98. The zero-order chi connectivity index (χ0) is 15.4. The second kappa shape index (κ2) is 7.30. The lowest BCUT2D eigenvalue weighted by Gasteiger charge is -2.41. The van der Waals surface area contributed by atoms with E-state index in [1.165, 1.54) is 51.4 Å². The summed E-state index contributed by atoms with van der Waals surface area (Å²) in [7, 11) is 0.